The fourth-order valence-corrected chi connectivity index (χ4v) is 1.16. The van der Waals surface area contributed by atoms with Crippen LogP contribution in [0.3, 0.4) is 0 Å². The van der Waals surface area contributed by atoms with E-state index in [1.54, 1.807) is 0 Å². The molecule has 0 saturated carbocycles. The number of nitrogens with one attached hydrogen (secondary N) is 1. The first-order valence-electron chi connectivity index (χ1n) is 6.23. The molecule has 4 heteroatoms. The topological polar surface area (TPSA) is 47.6 Å². The second-order valence-electron chi connectivity index (χ2n) is 3.64. The molecular weight excluding hydrogens is 206 g/mol. The summed E-state index contributed by atoms with van der Waals surface area (Å²) in [4.78, 5) is 10.9. The van der Waals surface area contributed by atoms with Gasteiger partial charge in [0.25, 0.3) is 0 Å². The Balaban J connectivity index is 2.96. The molecule has 0 bridgehead atoms. The van der Waals surface area contributed by atoms with Gasteiger partial charge in [-0.15, -0.1) is 0 Å². The Morgan fingerprint density at radius 3 is 2.31 bits per heavy atom. The van der Waals surface area contributed by atoms with Crippen molar-refractivity contribution in [3.8, 4) is 0 Å². The van der Waals surface area contributed by atoms with Gasteiger partial charge in [-0.25, -0.2) is 0 Å². The zero-order valence-corrected chi connectivity index (χ0v) is 10.6. The molecule has 0 aromatic heterocycles. The highest BCUT2D eigenvalue weighted by Gasteiger charge is 1.95. The normalized spacial score (nSPS) is 10.4. The number of carbonyl (C=O) groups is 1. The Bertz CT molecular complexity index is 162. The minimum Gasteiger partial charge on any atom is -0.379 e. The molecule has 0 radical (unpaired) electrons. The van der Waals surface area contributed by atoms with Crippen molar-refractivity contribution in [1.82, 2.24) is 5.32 Å². The van der Waals surface area contributed by atoms with E-state index in [2.05, 4.69) is 12.2 Å². The summed E-state index contributed by atoms with van der Waals surface area (Å²) in [5.41, 5.74) is 0. The van der Waals surface area contributed by atoms with E-state index < -0.39 is 0 Å². The molecule has 4 nitrogen and oxygen atoms in total. The van der Waals surface area contributed by atoms with Gasteiger partial charge in [-0.1, -0.05) is 26.7 Å². The zero-order chi connectivity index (χ0) is 12.1. The lowest BCUT2D eigenvalue weighted by Crippen LogP contribution is -2.26. The van der Waals surface area contributed by atoms with Crippen LogP contribution < -0.4 is 5.32 Å². The minimum atomic E-state index is 0.0689. The monoisotopic (exact) mass is 231 g/mol. The lowest BCUT2D eigenvalue weighted by Gasteiger charge is -2.06. The zero-order valence-electron chi connectivity index (χ0n) is 10.6. The predicted molar refractivity (Wildman–Crippen MR) is 64.5 cm³/mol. The quantitative estimate of drug-likeness (QED) is 0.551. The van der Waals surface area contributed by atoms with Gasteiger partial charge in [0.1, 0.15) is 0 Å². The Morgan fingerprint density at radius 2 is 1.69 bits per heavy atom. The van der Waals surface area contributed by atoms with Crippen molar-refractivity contribution in [2.75, 3.05) is 33.0 Å². The largest absolute Gasteiger partial charge is 0.379 e. The number of hydrogen-bond acceptors (Lipinski definition) is 3. The third-order valence-electron chi connectivity index (χ3n) is 2.15. The van der Waals surface area contributed by atoms with Crippen LogP contribution in [-0.2, 0) is 14.3 Å². The van der Waals surface area contributed by atoms with E-state index in [0.717, 1.165) is 13.0 Å². The Labute approximate surface area is 98.7 Å². The molecule has 0 aromatic rings. The summed E-state index contributed by atoms with van der Waals surface area (Å²) in [5.74, 6) is 0.0689. The summed E-state index contributed by atoms with van der Waals surface area (Å²) < 4.78 is 10.7. The number of ether oxygens (including phenoxy) is 2. The average Bonchev–Trinajstić information content (AvgIpc) is 2.31. The molecule has 96 valence electrons. The number of unbranched alkanes of at least 4 members (excludes halogenated alkanes) is 2. The molecule has 0 rings (SSSR count). The van der Waals surface area contributed by atoms with Gasteiger partial charge in [-0.3, -0.25) is 4.79 Å². The maximum Gasteiger partial charge on any atom is 0.219 e. The number of rotatable bonds is 11. The van der Waals surface area contributed by atoms with Crippen LogP contribution in [0.4, 0.5) is 0 Å². The van der Waals surface area contributed by atoms with Gasteiger partial charge in [0.15, 0.2) is 0 Å². The van der Waals surface area contributed by atoms with Gasteiger partial charge < -0.3 is 14.8 Å². The van der Waals surface area contributed by atoms with E-state index >= 15 is 0 Å². The Hall–Kier alpha value is -0.610. The summed E-state index contributed by atoms with van der Waals surface area (Å²) in [6, 6.07) is 0. The highest BCUT2D eigenvalue weighted by molar-refractivity contribution is 5.75. The van der Waals surface area contributed by atoms with E-state index in [9.17, 15) is 4.79 Å². The predicted octanol–water partition coefficient (Wildman–Crippen LogP) is 1.74. The van der Waals surface area contributed by atoms with Gasteiger partial charge in [0.05, 0.1) is 19.8 Å². The molecule has 0 aliphatic carbocycles. The molecule has 0 heterocycles. The highest BCUT2D eigenvalue weighted by atomic mass is 16.5. The molecule has 16 heavy (non-hydrogen) atoms. The lowest BCUT2D eigenvalue weighted by molar-refractivity contribution is -0.121. The molecule has 0 atom stereocenters. The second kappa shape index (κ2) is 12.5. The standard InChI is InChI=1S/C12H25NO3/c1-3-5-6-8-15-10-11-16-9-7-13-12(14)4-2/h3-11H2,1-2H3,(H,13,14). The van der Waals surface area contributed by atoms with Crippen LogP contribution in [0, 0.1) is 0 Å². The van der Waals surface area contributed by atoms with E-state index in [1.165, 1.54) is 12.8 Å². The van der Waals surface area contributed by atoms with Crippen LogP contribution in [0.15, 0.2) is 0 Å². The highest BCUT2D eigenvalue weighted by Crippen LogP contribution is 1.93. The van der Waals surface area contributed by atoms with Crippen LogP contribution >= 0.6 is 0 Å². The van der Waals surface area contributed by atoms with Crippen LogP contribution in [0.1, 0.15) is 39.5 Å². The van der Waals surface area contributed by atoms with E-state index in [0.29, 0.717) is 32.8 Å². The van der Waals surface area contributed by atoms with Gasteiger partial charge in [0.2, 0.25) is 5.91 Å². The Morgan fingerprint density at radius 1 is 1.00 bits per heavy atom. The van der Waals surface area contributed by atoms with Crippen LogP contribution in [-0.4, -0.2) is 38.9 Å². The summed E-state index contributed by atoms with van der Waals surface area (Å²) in [5, 5.41) is 2.75. The SMILES string of the molecule is CCCCCOCCOCCNC(=O)CC. The summed E-state index contributed by atoms with van der Waals surface area (Å²) in [6.07, 6.45) is 4.10. The van der Waals surface area contributed by atoms with Crippen molar-refractivity contribution in [3.63, 3.8) is 0 Å². The molecule has 0 spiro atoms. The maximum absolute atomic E-state index is 10.9. The molecule has 0 fully saturated rings. The van der Waals surface area contributed by atoms with Crippen molar-refractivity contribution >= 4 is 5.91 Å². The van der Waals surface area contributed by atoms with Crippen molar-refractivity contribution < 1.29 is 14.3 Å². The van der Waals surface area contributed by atoms with Gasteiger partial charge in [0, 0.05) is 19.6 Å². The van der Waals surface area contributed by atoms with Crippen LogP contribution in [0.5, 0.6) is 0 Å². The van der Waals surface area contributed by atoms with Crippen molar-refractivity contribution in [2.24, 2.45) is 0 Å². The first-order chi connectivity index (χ1) is 7.81. The van der Waals surface area contributed by atoms with Gasteiger partial charge in [-0.2, -0.15) is 0 Å². The fraction of sp³-hybridized carbons (Fsp3) is 0.917. The number of carbonyl (C=O) groups excluding carboxylic acids is 1. The van der Waals surface area contributed by atoms with Crippen molar-refractivity contribution in [1.29, 1.82) is 0 Å². The maximum atomic E-state index is 10.9. The average molecular weight is 231 g/mol. The number of hydrogen-bond donors (Lipinski definition) is 1. The first-order valence-corrected chi connectivity index (χ1v) is 6.23. The molecule has 0 aliphatic heterocycles. The third-order valence-corrected chi connectivity index (χ3v) is 2.15. The second-order valence-corrected chi connectivity index (χ2v) is 3.64. The Kier molecular flexibility index (Phi) is 12.0. The molecule has 0 saturated heterocycles. The summed E-state index contributed by atoms with van der Waals surface area (Å²) >= 11 is 0. The molecule has 1 N–H and O–H groups in total. The molecule has 0 aromatic carbocycles. The van der Waals surface area contributed by atoms with Gasteiger partial charge >= 0.3 is 0 Å². The molecular formula is C12H25NO3. The van der Waals surface area contributed by atoms with Gasteiger partial charge in [-0.05, 0) is 6.42 Å². The first kappa shape index (κ1) is 15.4. The van der Waals surface area contributed by atoms with E-state index in [-0.39, 0.29) is 5.91 Å². The number of amides is 1. The summed E-state index contributed by atoms with van der Waals surface area (Å²) in [6.45, 7) is 7.23. The minimum absolute atomic E-state index is 0.0689. The third kappa shape index (κ3) is 11.5. The summed E-state index contributed by atoms with van der Waals surface area (Å²) in [7, 11) is 0. The molecule has 1 amide bonds. The van der Waals surface area contributed by atoms with E-state index in [1.807, 2.05) is 6.92 Å². The van der Waals surface area contributed by atoms with Crippen LogP contribution in [0.2, 0.25) is 0 Å². The molecule has 0 aliphatic rings. The fourth-order valence-electron chi connectivity index (χ4n) is 1.16. The smallest absolute Gasteiger partial charge is 0.219 e. The lowest BCUT2D eigenvalue weighted by atomic mass is 10.3. The van der Waals surface area contributed by atoms with Crippen LogP contribution in [0.25, 0.3) is 0 Å². The van der Waals surface area contributed by atoms with Crippen molar-refractivity contribution in [2.45, 2.75) is 39.5 Å². The van der Waals surface area contributed by atoms with E-state index in [4.69, 9.17) is 9.47 Å². The van der Waals surface area contributed by atoms with Crippen molar-refractivity contribution in [3.05, 3.63) is 0 Å². The molecule has 0 unspecified atom stereocenters.